The van der Waals surface area contributed by atoms with Crippen molar-refractivity contribution < 1.29 is 0 Å². The number of hydrogen-bond acceptors (Lipinski definition) is 3. The fourth-order valence-electron chi connectivity index (χ4n) is 4.81. The highest BCUT2D eigenvalue weighted by atomic mass is 14.9. The monoisotopic (exact) mass is 459 g/mol. The van der Waals surface area contributed by atoms with Gasteiger partial charge in [-0.2, -0.15) is 0 Å². The first-order chi connectivity index (χ1) is 17.8. The summed E-state index contributed by atoms with van der Waals surface area (Å²) in [5.74, 6) is 0.632. The van der Waals surface area contributed by atoms with Crippen LogP contribution in [0.15, 0.2) is 127 Å². The Kier molecular flexibility index (Phi) is 4.78. The van der Waals surface area contributed by atoms with Crippen molar-refractivity contribution in [3.05, 3.63) is 127 Å². The third-order valence-electron chi connectivity index (χ3n) is 6.65. The molecular weight excluding hydrogens is 438 g/mol. The molecule has 2 aromatic heterocycles. The van der Waals surface area contributed by atoms with Crippen molar-refractivity contribution >= 4 is 32.6 Å². The highest BCUT2D eigenvalue weighted by Crippen LogP contribution is 2.32. The second-order valence-electron chi connectivity index (χ2n) is 8.94. The summed E-state index contributed by atoms with van der Waals surface area (Å²) >= 11 is 0. The minimum absolute atomic E-state index is 0.632. The predicted octanol–water partition coefficient (Wildman–Crippen LogP) is 8.33. The topological polar surface area (TPSA) is 38.7 Å². The Morgan fingerprint density at radius 2 is 1.08 bits per heavy atom. The molecule has 5 aromatic carbocycles. The second kappa shape index (κ2) is 8.40. The summed E-state index contributed by atoms with van der Waals surface area (Å²) in [5, 5.41) is 4.52. The van der Waals surface area contributed by atoms with Crippen molar-refractivity contribution in [2.24, 2.45) is 0 Å². The zero-order valence-electron chi connectivity index (χ0n) is 19.5. The maximum atomic E-state index is 5.06. The largest absolute Gasteiger partial charge is 0.244 e. The molecular formula is C33H21N3. The zero-order valence-corrected chi connectivity index (χ0v) is 19.5. The maximum absolute atomic E-state index is 5.06. The van der Waals surface area contributed by atoms with Gasteiger partial charge in [0.25, 0.3) is 0 Å². The molecule has 0 atom stereocenters. The summed E-state index contributed by atoms with van der Waals surface area (Å²) in [6.45, 7) is 0. The van der Waals surface area contributed by atoms with E-state index >= 15 is 0 Å². The van der Waals surface area contributed by atoms with E-state index in [0.29, 0.717) is 5.82 Å². The van der Waals surface area contributed by atoms with Gasteiger partial charge in [-0.25, -0.2) is 15.0 Å². The lowest BCUT2D eigenvalue weighted by Crippen LogP contribution is -1.97. The summed E-state index contributed by atoms with van der Waals surface area (Å²) in [6.07, 6.45) is 0. The molecule has 0 N–H and O–H groups in total. The molecule has 7 rings (SSSR count). The normalized spacial score (nSPS) is 11.3. The van der Waals surface area contributed by atoms with E-state index in [1.807, 2.05) is 48.5 Å². The van der Waals surface area contributed by atoms with E-state index in [2.05, 4.69) is 78.9 Å². The van der Waals surface area contributed by atoms with Crippen LogP contribution in [0.4, 0.5) is 0 Å². The molecule has 0 radical (unpaired) electrons. The van der Waals surface area contributed by atoms with E-state index in [-0.39, 0.29) is 0 Å². The number of nitrogens with zero attached hydrogens (tertiary/aromatic N) is 3. The standard InChI is InChI=1S/C33H21N3/c1-2-8-22(9-3-1)25-16-14-23-15-17-26(21-27(23)20-25)32-28-11-5-7-13-30(28)35-33(36-32)31-19-18-24-10-4-6-12-29(24)34-31/h1-21H. The van der Waals surface area contributed by atoms with E-state index in [1.165, 1.54) is 21.9 Å². The lowest BCUT2D eigenvalue weighted by atomic mass is 9.98. The van der Waals surface area contributed by atoms with Gasteiger partial charge in [0.1, 0.15) is 5.69 Å². The second-order valence-corrected chi connectivity index (χ2v) is 8.94. The molecule has 0 saturated carbocycles. The third kappa shape index (κ3) is 3.58. The Balaban J connectivity index is 1.41. The molecule has 3 nitrogen and oxygen atoms in total. The number of hydrogen-bond donors (Lipinski definition) is 0. The highest BCUT2D eigenvalue weighted by Gasteiger charge is 2.13. The van der Waals surface area contributed by atoms with Gasteiger partial charge in [0.15, 0.2) is 5.82 Å². The number of aromatic nitrogens is 3. The first-order valence-corrected chi connectivity index (χ1v) is 12.0. The van der Waals surface area contributed by atoms with Crippen LogP contribution in [0, 0.1) is 0 Å². The summed E-state index contributed by atoms with van der Waals surface area (Å²) in [4.78, 5) is 14.8. The summed E-state index contributed by atoms with van der Waals surface area (Å²) < 4.78 is 0. The van der Waals surface area contributed by atoms with Crippen molar-refractivity contribution in [3.8, 4) is 33.9 Å². The van der Waals surface area contributed by atoms with E-state index in [9.17, 15) is 0 Å². The van der Waals surface area contributed by atoms with Crippen LogP contribution >= 0.6 is 0 Å². The van der Waals surface area contributed by atoms with Gasteiger partial charge in [-0.15, -0.1) is 0 Å². The molecule has 0 fully saturated rings. The lowest BCUT2D eigenvalue weighted by Gasteiger charge is -2.11. The van der Waals surface area contributed by atoms with Crippen LogP contribution in [0.1, 0.15) is 0 Å². The summed E-state index contributed by atoms with van der Waals surface area (Å²) in [5.41, 5.74) is 7.01. The molecule has 0 spiro atoms. The quantitative estimate of drug-likeness (QED) is 0.267. The van der Waals surface area contributed by atoms with Crippen molar-refractivity contribution in [2.45, 2.75) is 0 Å². The van der Waals surface area contributed by atoms with E-state index in [4.69, 9.17) is 15.0 Å². The molecule has 168 valence electrons. The van der Waals surface area contributed by atoms with Gasteiger partial charge in [-0.1, -0.05) is 97.1 Å². The molecule has 0 saturated heterocycles. The van der Waals surface area contributed by atoms with Crippen molar-refractivity contribution in [2.75, 3.05) is 0 Å². The lowest BCUT2D eigenvalue weighted by molar-refractivity contribution is 1.19. The maximum Gasteiger partial charge on any atom is 0.179 e. The number of para-hydroxylation sites is 2. The van der Waals surface area contributed by atoms with Crippen LogP contribution in [0.25, 0.3) is 66.5 Å². The van der Waals surface area contributed by atoms with Gasteiger partial charge in [-0.05, 0) is 52.2 Å². The van der Waals surface area contributed by atoms with Gasteiger partial charge in [-0.3, -0.25) is 0 Å². The highest BCUT2D eigenvalue weighted by molar-refractivity contribution is 5.97. The summed E-state index contributed by atoms with van der Waals surface area (Å²) in [7, 11) is 0. The van der Waals surface area contributed by atoms with E-state index < -0.39 is 0 Å². The van der Waals surface area contributed by atoms with Crippen LogP contribution in [-0.2, 0) is 0 Å². The molecule has 0 unspecified atom stereocenters. The van der Waals surface area contributed by atoms with Gasteiger partial charge < -0.3 is 0 Å². The van der Waals surface area contributed by atoms with E-state index in [1.54, 1.807) is 0 Å². The predicted molar refractivity (Wildman–Crippen MR) is 149 cm³/mol. The Labute approximate surface area is 208 Å². The van der Waals surface area contributed by atoms with Crippen molar-refractivity contribution in [1.29, 1.82) is 0 Å². The first kappa shape index (κ1) is 20.5. The van der Waals surface area contributed by atoms with Gasteiger partial charge in [0.2, 0.25) is 0 Å². The Morgan fingerprint density at radius 1 is 0.389 bits per heavy atom. The van der Waals surface area contributed by atoms with Crippen LogP contribution in [0.2, 0.25) is 0 Å². The summed E-state index contributed by atoms with van der Waals surface area (Å²) in [6, 6.07) is 44.0. The zero-order chi connectivity index (χ0) is 23.9. The molecule has 0 aliphatic carbocycles. The number of benzene rings is 5. The van der Waals surface area contributed by atoms with Crippen LogP contribution in [0.5, 0.6) is 0 Å². The molecule has 0 aliphatic heterocycles. The number of pyridine rings is 1. The SMILES string of the molecule is c1ccc(-c2ccc3ccc(-c4nc(-c5ccc6ccccc6n5)nc5ccccc45)cc3c2)cc1. The average molecular weight is 460 g/mol. The number of rotatable bonds is 3. The Bertz CT molecular complexity index is 1890. The van der Waals surface area contributed by atoms with Gasteiger partial charge in [0, 0.05) is 16.3 Å². The fraction of sp³-hybridized carbons (Fsp3) is 0. The minimum atomic E-state index is 0.632. The minimum Gasteiger partial charge on any atom is -0.244 e. The molecule has 7 aromatic rings. The average Bonchev–Trinajstić information content (AvgIpc) is 2.96. The molecule has 0 aliphatic rings. The molecule has 0 bridgehead atoms. The third-order valence-corrected chi connectivity index (χ3v) is 6.65. The van der Waals surface area contributed by atoms with Gasteiger partial charge >= 0.3 is 0 Å². The Hall–Kier alpha value is -4.89. The first-order valence-electron chi connectivity index (χ1n) is 12.0. The van der Waals surface area contributed by atoms with Crippen molar-refractivity contribution in [3.63, 3.8) is 0 Å². The molecule has 2 heterocycles. The van der Waals surface area contributed by atoms with Crippen LogP contribution in [-0.4, -0.2) is 15.0 Å². The molecule has 0 amide bonds. The fourth-order valence-corrected chi connectivity index (χ4v) is 4.81. The number of fused-ring (bicyclic) bond motifs is 3. The smallest absolute Gasteiger partial charge is 0.179 e. The molecule has 3 heteroatoms. The molecule has 36 heavy (non-hydrogen) atoms. The van der Waals surface area contributed by atoms with Gasteiger partial charge in [0.05, 0.1) is 16.7 Å². The van der Waals surface area contributed by atoms with Crippen LogP contribution < -0.4 is 0 Å². The van der Waals surface area contributed by atoms with Crippen LogP contribution in [0.3, 0.4) is 0 Å². The van der Waals surface area contributed by atoms with Crippen molar-refractivity contribution in [1.82, 2.24) is 15.0 Å². The van der Waals surface area contributed by atoms with E-state index in [0.717, 1.165) is 38.8 Å². The Morgan fingerprint density at radius 3 is 1.97 bits per heavy atom.